The van der Waals surface area contributed by atoms with Crippen molar-refractivity contribution in [1.82, 2.24) is 21.7 Å². The van der Waals surface area contributed by atoms with Crippen LogP contribution in [0.2, 0.25) is 0 Å². The lowest BCUT2D eigenvalue weighted by atomic mass is 10.1. The van der Waals surface area contributed by atoms with Gasteiger partial charge in [0.25, 0.3) is 11.8 Å². The van der Waals surface area contributed by atoms with Crippen LogP contribution in [0.5, 0.6) is 11.5 Å². The van der Waals surface area contributed by atoms with Gasteiger partial charge in [-0.15, -0.1) is 0 Å². The highest BCUT2D eigenvalue weighted by molar-refractivity contribution is 9.10. The van der Waals surface area contributed by atoms with E-state index >= 15 is 0 Å². The van der Waals surface area contributed by atoms with Gasteiger partial charge in [0.05, 0.1) is 0 Å². The molecule has 0 atom stereocenters. The van der Waals surface area contributed by atoms with E-state index in [0.717, 1.165) is 30.5 Å². The molecule has 10 nitrogen and oxygen atoms in total. The van der Waals surface area contributed by atoms with Crippen LogP contribution in [0.25, 0.3) is 21.5 Å². The van der Waals surface area contributed by atoms with E-state index in [1.807, 2.05) is 60.7 Å². The Morgan fingerprint density at radius 3 is 1.29 bits per heavy atom. The normalized spacial score (nSPS) is 10.6. The molecule has 0 heterocycles. The predicted molar refractivity (Wildman–Crippen MR) is 165 cm³/mol. The van der Waals surface area contributed by atoms with Crippen molar-refractivity contribution >= 4 is 77.0 Å². The van der Waals surface area contributed by atoms with Crippen LogP contribution in [0.3, 0.4) is 0 Å². The number of hydrogen-bond acceptors (Lipinski definition) is 6. The number of rotatable bonds is 11. The highest BCUT2D eigenvalue weighted by atomic mass is 79.9. The standard InChI is InChI=1S/C30H28Br2N4O6/c31-23-9-5-21-15-25(11-7-19(21)13-23)41-17-29(39)35-33-27(37)3-1-2-4-28(38)34-36-30(40)18-42-26-12-8-20-14-24(32)10-6-22(20)16-26/h5-16H,1-4,17-18H2,(H,33,37)(H,34,38)(H,35,39)(H,36,40). The van der Waals surface area contributed by atoms with Crippen LogP contribution in [0.4, 0.5) is 0 Å². The maximum atomic E-state index is 12.0. The molecule has 0 radical (unpaired) electrons. The number of carbonyl (C=O) groups excluding carboxylic acids is 4. The first-order valence-electron chi connectivity index (χ1n) is 13.0. The van der Waals surface area contributed by atoms with Crippen molar-refractivity contribution < 1.29 is 28.7 Å². The second kappa shape index (κ2) is 15.2. The van der Waals surface area contributed by atoms with Crippen LogP contribution < -0.4 is 31.2 Å². The minimum absolute atomic E-state index is 0.109. The zero-order chi connectivity index (χ0) is 29.9. The summed E-state index contributed by atoms with van der Waals surface area (Å²) in [6, 6.07) is 22.7. The van der Waals surface area contributed by atoms with Crippen LogP contribution >= 0.6 is 31.9 Å². The van der Waals surface area contributed by atoms with Gasteiger partial charge in [0.1, 0.15) is 11.5 Å². The molecule has 0 aliphatic heterocycles. The molecule has 4 N–H and O–H groups in total. The van der Waals surface area contributed by atoms with Crippen LogP contribution in [-0.2, 0) is 19.2 Å². The lowest BCUT2D eigenvalue weighted by molar-refractivity contribution is -0.130. The van der Waals surface area contributed by atoms with E-state index in [2.05, 4.69) is 53.6 Å². The molecule has 0 fully saturated rings. The van der Waals surface area contributed by atoms with Crippen LogP contribution in [0, 0.1) is 0 Å². The number of unbranched alkanes of at least 4 members (excludes halogenated alkanes) is 1. The van der Waals surface area contributed by atoms with E-state index in [9.17, 15) is 19.2 Å². The minimum atomic E-state index is -0.507. The number of ether oxygens (including phenoxy) is 2. The molecule has 0 aliphatic rings. The van der Waals surface area contributed by atoms with Gasteiger partial charge in [0.2, 0.25) is 11.8 Å². The molecule has 218 valence electrons. The van der Waals surface area contributed by atoms with Gasteiger partial charge in [-0.3, -0.25) is 40.9 Å². The lowest BCUT2D eigenvalue weighted by Crippen LogP contribution is -2.44. The fourth-order valence-corrected chi connectivity index (χ4v) is 4.67. The van der Waals surface area contributed by atoms with Crippen molar-refractivity contribution in [2.24, 2.45) is 0 Å². The Morgan fingerprint density at radius 1 is 0.500 bits per heavy atom. The quantitative estimate of drug-likeness (QED) is 0.131. The molecule has 4 aromatic rings. The molecule has 0 unspecified atom stereocenters. The third kappa shape index (κ3) is 9.74. The number of hydrazine groups is 2. The third-order valence-corrected chi connectivity index (χ3v) is 7.01. The van der Waals surface area contributed by atoms with Gasteiger partial charge in [0, 0.05) is 21.8 Å². The first-order chi connectivity index (χ1) is 20.2. The Hall–Kier alpha value is -4.16. The Morgan fingerprint density at radius 2 is 0.857 bits per heavy atom. The summed E-state index contributed by atoms with van der Waals surface area (Å²) >= 11 is 6.86. The van der Waals surface area contributed by atoms with Crippen LogP contribution in [0.15, 0.2) is 81.7 Å². The fourth-order valence-electron chi connectivity index (χ4n) is 3.91. The Labute approximate surface area is 258 Å². The summed E-state index contributed by atoms with van der Waals surface area (Å²) in [7, 11) is 0. The molecule has 42 heavy (non-hydrogen) atoms. The molecular formula is C30H28Br2N4O6. The highest BCUT2D eigenvalue weighted by Gasteiger charge is 2.09. The van der Waals surface area contributed by atoms with Crippen molar-refractivity contribution in [2.45, 2.75) is 25.7 Å². The SMILES string of the molecule is O=C(CCCCC(=O)NNC(=O)COc1ccc2cc(Br)ccc2c1)NNC(=O)COc1ccc2cc(Br)ccc2c1. The zero-order valence-corrected chi connectivity index (χ0v) is 25.5. The second-order valence-corrected chi connectivity index (χ2v) is 11.1. The van der Waals surface area contributed by atoms with E-state index in [-0.39, 0.29) is 26.1 Å². The topological polar surface area (TPSA) is 135 Å². The summed E-state index contributed by atoms with van der Waals surface area (Å²) < 4.78 is 12.9. The molecule has 0 aromatic heterocycles. The number of amides is 4. The Kier molecular flexibility index (Phi) is 11.1. The van der Waals surface area contributed by atoms with Gasteiger partial charge in [-0.2, -0.15) is 0 Å². The van der Waals surface area contributed by atoms with Crippen molar-refractivity contribution in [3.63, 3.8) is 0 Å². The first kappa shape index (κ1) is 30.8. The van der Waals surface area contributed by atoms with Crippen LogP contribution in [-0.4, -0.2) is 36.8 Å². The molecule has 0 saturated carbocycles. The number of carbonyl (C=O) groups is 4. The van der Waals surface area contributed by atoms with Crippen molar-refractivity contribution in [3.05, 3.63) is 81.7 Å². The average molecular weight is 700 g/mol. The summed E-state index contributed by atoms with van der Waals surface area (Å²) in [6.45, 7) is -0.528. The van der Waals surface area contributed by atoms with E-state index in [1.165, 1.54) is 0 Å². The molecule has 4 rings (SSSR count). The highest BCUT2D eigenvalue weighted by Crippen LogP contribution is 2.25. The maximum absolute atomic E-state index is 12.0. The minimum Gasteiger partial charge on any atom is -0.484 e. The summed E-state index contributed by atoms with van der Waals surface area (Å²) in [5.74, 6) is -0.739. The molecular weight excluding hydrogens is 672 g/mol. The summed E-state index contributed by atoms with van der Waals surface area (Å²) in [5.41, 5.74) is 9.26. The van der Waals surface area contributed by atoms with Crippen molar-refractivity contribution in [3.8, 4) is 11.5 Å². The summed E-state index contributed by atoms with van der Waals surface area (Å²) in [5, 5.41) is 4.01. The van der Waals surface area contributed by atoms with Crippen LogP contribution in [0.1, 0.15) is 25.7 Å². The van der Waals surface area contributed by atoms with Gasteiger partial charge in [-0.05, 0) is 82.9 Å². The summed E-state index contributed by atoms with van der Waals surface area (Å²) in [4.78, 5) is 48.0. The Bertz CT molecular complexity index is 1490. The third-order valence-electron chi connectivity index (χ3n) is 6.03. The number of hydrogen-bond donors (Lipinski definition) is 4. The number of benzene rings is 4. The monoisotopic (exact) mass is 698 g/mol. The fraction of sp³-hybridized carbons (Fsp3) is 0.200. The average Bonchev–Trinajstić information content (AvgIpc) is 2.98. The van der Waals surface area contributed by atoms with Gasteiger partial charge in [-0.25, -0.2) is 0 Å². The maximum Gasteiger partial charge on any atom is 0.276 e. The van der Waals surface area contributed by atoms with E-state index in [0.29, 0.717) is 24.3 Å². The second-order valence-electron chi connectivity index (χ2n) is 9.28. The number of nitrogens with one attached hydrogen (secondary N) is 4. The van der Waals surface area contributed by atoms with Gasteiger partial charge in [0.15, 0.2) is 13.2 Å². The number of fused-ring (bicyclic) bond motifs is 2. The van der Waals surface area contributed by atoms with Gasteiger partial charge < -0.3 is 9.47 Å². The van der Waals surface area contributed by atoms with E-state index in [4.69, 9.17) is 9.47 Å². The molecule has 12 heteroatoms. The van der Waals surface area contributed by atoms with E-state index in [1.54, 1.807) is 12.1 Å². The molecule has 0 spiro atoms. The molecule has 0 aliphatic carbocycles. The van der Waals surface area contributed by atoms with Crippen molar-refractivity contribution in [2.75, 3.05) is 13.2 Å². The number of halogens is 2. The first-order valence-corrected chi connectivity index (χ1v) is 14.6. The van der Waals surface area contributed by atoms with Gasteiger partial charge >= 0.3 is 0 Å². The summed E-state index contributed by atoms with van der Waals surface area (Å²) in [6.07, 6.45) is 1.04. The molecule has 0 saturated heterocycles. The van der Waals surface area contributed by atoms with Gasteiger partial charge in [-0.1, -0.05) is 56.1 Å². The molecule has 4 amide bonds. The molecule has 4 aromatic carbocycles. The predicted octanol–water partition coefficient (Wildman–Crippen LogP) is 4.83. The van der Waals surface area contributed by atoms with E-state index < -0.39 is 23.6 Å². The largest absolute Gasteiger partial charge is 0.484 e. The van der Waals surface area contributed by atoms with Crippen molar-refractivity contribution in [1.29, 1.82) is 0 Å². The Balaban J connectivity index is 1.04. The smallest absolute Gasteiger partial charge is 0.276 e. The lowest BCUT2D eigenvalue weighted by Gasteiger charge is -2.10. The zero-order valence-electron chi connectivity index (χ0n) is 22.4. The molecule has 0 bridgehead atoms.